The highest BCUT2D eigenvalue weighted by Crippen LogP contribution is 2.31. The van der Waals surface area contributed by atoms with E-state index >= 15 is 0 Å². The van der Waals surface area contributed by atoms with E-state index in [1.807, 2.05) is 6.20 Å². The van der Waals surface area contributed by atoms with E-state index in [1.54, 1.807) is 6.20 Å². The summed E-state index contributed by atoms with van der Waals surface area (Å²) < 4.78 is 0. The average Bonchev–Trinajstić information content (AvgIpc) is 2.75. The molecule has 2 fully saturated rings. The highest BCUT2D eigenvalue weighted by Gasteiger charge is 2.36. The summed E-state index contributed by atoms with van der Waals surface area (Å²) in [7, 11) is 0. The van der Waals surface area contributed by atoms with Gasteiger partial charge >= 0.3 is 0 Å². The van der Waals surface area contributed by atoms with Crippen LogP contribution in [0.2, 0.25) is 5.15 Å². The predicted molar refractivity (Wildman–Crippen MR) is 77.6 cm³/mol. The molecule has 2 unspecified atom stereocenters. The molecule has 3 heterocycles. The first-order valence-electron chi connectivity index (χ1n) is 7.26. The third kappa shape index (κ3) is 2.84. The maximum atomic E-state index is 5.99. The first kappa shape index (κ1) is 13.1. The van der Waals surface area contributed by atoms with Crippen molar-refractivity contribution in [3.63, 3.8) is 0 Å². The Morgan fingerprint density at radius 1 is 1.32 bits per heavy atom. The van der Waals surface area contributed by atoms with E-state index in [1.165, 1.54) is 25.7 Å². The zero-order chi connectivity index (χ0) is 13.2. The van der Waals surface area contributed by atoms with E-state index in [0.717, 1.165) is 18.8 Å². The van der Waals surface area contributed by atoms with Gasteiger partial charge < -0.3 is 10.2 Å². The van der Waals surface area contributed by atoms with Gasteiger partial charge in [0.05, 0.1) is 12.4 Å². The Labute approximate surface area is 119 Å². The highest BCUT2D eigenvalue weighted by atomic mass is 35.5. The standard InChI is InChI=1S/C14H21ClN4/c1-2-5-19(14-9-16-8-13(15)18-14)12-6-10-3-4-11(7-12)17-10/h8-12,17H,2-7H2,1H3. The van der Waals surface area contributed by atoms with Gasteiger partial charge in [0.1, 0.15) is 11.0 Å². The Bertz CT molecular complexity index is 427. The van der Waals surface area contributed by atoms with Crippen molar-refractivity contribution in [2.75, 3.05) is 11.4 Å². The van der Waals surface area contributed by atoms with E-state index < -0.39 is 0 Å². The number of anilines is 1. The molecule has 1 aromatic rings. The zero-order valence-corrected chi connectivity index (χ0v) is 12.1. The van der Waals surface area contributed by atoms with Gasteiger partial charge in [-0.2, -0.15) is 0 Å². The van der Waals surface area contributed by atoms with Crippen LogP contribution in [0, 0.1) is 0 Å². The second-order valence-corrected chi connectivity index (χ2v) is 6.04. The summed E-state index contributed by atoms with van der Waals surface area (Å²) in [5.74, 6) is 0.931. The summed E-state index contributed by atoms with van der Waals surface area (Å²) in [6.07, 6.45) is 9.63. The maximum Gasteiger partial charge on any atom is 0.149 e. The Morgan fingerprint density at radius 2 is 2.05 bits per heavy atom. The van der Waals surface area contributed by atoms with E-state index in [9.17, 15) is 0 Å². The molecule has 0 radical (unpaired) electrons. The molecule has 0 amide bonds. The van der Waals surface area contributed by atoms with Crippen molar-refractivity contribution in [3.05, 3.63) is 17.5 Å². The number of hydrogen-bond donors (Lipinski definition) is 1. The lowest BCUT2D eigenvalue weighted by molar-refractivity contribution is 0.345. The van der Waals surface area contributed by atoms with Crippen LogP contribution >= 0.6 is 11.6 Å². The molecular formula is C14H21ClN4. The van der Waals surface area contributed by atoms with Crippen LogP contribution in [-0.4, -0.2) is 34.6 Å². The SMILES string of the molecule is CCCN(c1cncc(Cl)n1)C1CC2CCC(C1)N2. The van der Waals surface area contributed by atoms with Crippen molar-refractivity contribution in [2.24, 2.45) is 0 Å². The van der Waals surface area contributed by atoms with E-state index in [2.05, 4.69) is 27.1 Å². The summed E-state index contributed by atoms with van der Waals surface area (Å²) in [6.45, 7) is 3.24. The summed E-state index contributed by atoms with van der Waals surface area (Å²) in [5.41, 5.74) is 0. The largest absolute Gasteiger partial charge is 0.352 e. The molecule has 4 nitrogen and oxygen atoms in total. The van der Waals surface area contributed by atoms with Gasteiger partial charge in [-0.1, -0.05) is 18.5 Å². The number of nitrogens with one attached hydrogen (secondary N) is 1. The van der Waals surface area contributed by atoms with E-state index in [-0.39, 0.29) is 0 Å². The molecule has 1 N–H and O–H groups in total. The molecule has 1 aromatic heterocycles. The molecule has 5 heteroatoms. The van der Waals surface area contributed by atoms with Crippen molar-refractivity contribution in [1.82, 2.24) is 15.3 Å². The topological polar surface area (TPSA) is 41.1 Å². The normalized spacial score (nSPS) is 29.5. The first-order chi connectivity index (χ1) is 9.26. The lowest BCUT2D eigenvalue weighted by atomic mass is 9.98. The maximum absolute atomic E-state index is 5.99. The molecule has 19 heavy (non-hydrogen) atoms. The second-order valence-electron chi connectivity index (χ2n) is 5.66. The van der Waals surface area contributed by atoms with Crippen LogP contribution in [0.1, 0.15) is 39.0 Å². The van der Waals surface area contributed by atoms with E-state index in [4.69, 9.17) is 11.6 Å². The number of halogens is 1. The molecule has 0 saturated carbocycles. The first-order valence-corrected chi connectivity index (χ1v) is 7.64. The number of rotatable bonds is 4. The van der Waals surface area contributed by atoms with Crippen molar-refractivity contribution in [2.45, 2.75) is 57.2 Å². The van der Waals surface area contributed by atoms with Gasteiger partial charge in [0, 0.05) is 24.7 Å². The number of hydrogen-bond acceptors (Lipinski definition) is 4. The van der Waals surface area contributed by atoms with Crippen molar-refractivity contribution in [1.29, 1.82) is 0 Å². The third-order valence-corrected chi connectivity index (χ3v) is 4.42. The molecule has 2 aliphatic heterocycles. The fourth-order valence-corrected chi connectivity index (χ4v) is 3.62. The monoisotopic (exact) mass is 280 g/mol. The number of fused-ring (bicyclic) bond motifs is 2. The van der Waals surface area contributed by atoms with Crippen LogP contribution in [0.3, 0.4) is 0 Å². The summed E-state index contributed by atoms with van der Waals surface area (Å²) in [5, 5.41) is 4.17. The van der Waals surface area contributed by atoms with Gasteiger partial charge in [-0.15, -0.1) is 0 Å². The van der Waals surface area contributed by atoms with Gasteiger partial charge in [-0.25, -0.2) is 4.98 Å². The van der Waals surface area contributed by atoms with Crippen molar-refractivity contribution < 1.29 is 0 Å². The van der Waals surface area contributed by atoms with Gasteiger partial charge in [-0.3, -0.25) is 4.98 Å². The van der Waals surface area contributed by atoms with E-state index in [0.29, 0.717) is 23.3 Å². The number of nitrogens with zero attached hydrogens (tertiary/aromatic N) is 3. The van der Waals surface area contributed by atoms with Gasteiger partial charge in [0.25, 0.3) is 0 Å². The van der Waals surface area contributed by atoms with Gasteiger partial charge in [-0.05, 0) is 32.1 Å². The smallest absolute Gasteiger partial charge is 0.149 e. The highest BCUT2D eigenvalue weighted by molar-refractivity contribution is 6.29. The molecule has 2 saturated heterocycles. The summed E-state index contributed by atoms with van der Waals surface area (Å²) >= 11 is 5.99. The lowest BCUT2D eigenvalue weighted by Crippen LogP contribution is -2.49. The lowest BCUT2D eigenvalue weighted by Gasteiger charge is -2.38. The molecule has 2 atom stereocenters. The molecule has 2 bridgehead atoms. The molecule has 0 spiro atoms. The van der Waals surface area contributed by atoms with Crippen molar-refractivity contribution in [3.8, 4) is 0 Å². The Balaban J connectivity index is 1.80. The predicted octanol–water partition coefficient (Wildman–Crippen LogP) is 2.63. The molecule has 0 aliphatic carbocycles. The quantitative estimate of drug-likeness (QED) is 0.921. The molecule has 104 valence electrons. The minimum atomic E-state index is 0.482. The third-order valence-electron chi connectivity index (χ3n) is 4.24. The minimum Gasteiger partial charge on any atom is -0.352 e. The van der Waals surface area contributed by atoms with Crippen LogP contribution in [-0.2, 0) is 0 Å². The number of aromatic nitrogens is 2. The summed E-state index contributed by atoms with van der Waals surface area (Å²) in [4.78, 5) is 11.0. The van der Waals surface area contributed by atoms with Crippen molar-refractivity contribution >= 4 is 17.4 Å². The second kappa shape index (κ2) is 5.63. The Morgan fingerprint density at radius 3 is 2.68 bits per heavy atom. The van der Waals surface area contributed by atoms with Crippen LogP contribution in [0.15, 0.2) is 12.4 Å². The fourth-order valence-electron chi connectivity index (χ4n) is 3.48. The molecular weight excluding hydrogens is 260 g/mol. The molecule has 0 aromatic carbocycles. The van der Waals surface area contributed by atoms with Crippen LogP contribution in [0.5, 0.6) is 0 Å². The van der Waals surface area contributed by atoms with Crippen LogP contribution in [0.25, 0.3) is 0 Å². The fraction of sp³-hybridized carbons (Fsp3) is 0.714. The van der Waals surface area contributed by atoms with Gasteiger partial charge in [0.2, 0.25) is 0 Å². The van der Waals surface area contributed by atoms with Gasteiger partial charge in [0.15, 0.2) is 0 Å². The van der Waals surface area contributed by atoms with Crippen LogP contribution < -0.4 is 10.2 Å². The summed E-state index contributed by atoms with van der Waals surface area (Å²) in [6, 6.07) is 1.96. The zero-order valence-electron chi connectivity index (χ0n) is 11.3. The van der Waals surface area contributed by atoms with Crippen LogP contribution in [0.4, 0.5) is 5.82 Å². The number of piperidine rings is 1. The Kier molecular flexibility index (Phi) is 3.89. The molecule has 3 rings (SSSR count). The minimum absolute atomic E-state index is 0.482. The average molecular weight is 281 g/mol. The molecule has 2 aliphatic rings. The Hall–Kier alpha value is -0.870.